The van der Waals surface area contributed by atoms with E-state index in [2.05, 4.69) is 18.3 Å². The molecule has 5 heteroatoms. The third kappa shape index (κ3) is 3.92. The summed E-state index contributed by atoms with van der Waals surface area (Å²) in [5.41, 5.74) is 3.11. The molecule has 5 nitrogen and oxygen atoms in total. The van der Waals surface area contributed by atoms with Crippen molar-refractivity contribution in [2.45, 2.75) is 39.2 Å². The largest absolute Gasteiger partial charge is 0.498 e. The molecular weight excluding hydrogens is 316 g/mol. The molecule has 1 heterocycles. The molecule has 0 saturated heterocycles. The first-order valence-corrected chi connectivity index (χ1v) is 8.73. The number of rotatable bonds is 6. The highest BCUT2D eigenvalue weighted by atomic mass is 16.5. The van der Waals surface area contributed by atoms with Crippen LogP contribution >= 0.6 is 0 Å². The van der Waals surface area contributed by atoms with E-state index in [1.54, 1.807) is 4.90 Å². The van der Waals surface area contributed by atoms with Gasteiger partial charge in [-0.05, 0) is 31.9 Å². The molecule has 0 saturated carbocycles. The number of carbonyl (C=O) groups is 2. The highest BCUT2D eigenvalue weighted by Gasteiger charge is 2.37. The smallest absolute Gasteiger partial charge is 0.254 e. The van der Waals surface area contributed by atoms with E-state index in [0.717, 1.165) is 36.3 Å². The average molecular weight is 340 g/mol. The van der Waals surface area contributed by atoms with Crippen LogP contribution in [0.5, 0.6) is 0 Å². The van der Waals surface area contributed by atoms with Crippen LogP contribution in [0, 0.1) is 0 Å². The van der Waals surface area contributed by atoms with Gasteiger partial charge in [0.25, 0.3) is 5.91 Å². The maximum Gasteiger partial charge on any atom is 0.254 e. The summed E-state index contributed by atoms with van der Waals surface area (Å²) >= 11 is 0. The van der Waals surface area contributed by atoms with Gasteiger partial charge in [0, 0.05) is 31.1 Å². The molecule has 25 heavy (non-hydrogen) atoms. The molecule has 3 rings (SSSR count). The minimum absolute atomic E-state index is 0.0770. The van der Waals surface area contributed by atoms with Gasteiger partial charge in [0.05, 0.1) is 12.4 Å². The van der Waals surface area contributed by atoms with Crippen molar-refractivity contribution in [3.05, 3.63) is 53.3 Å². The van der Waals surface area contributed by atoms with E-state index < -0.39 is 6.04 Å². The Morgan fingerprint density at radius 2 is 2.08 bits per heavy atom. The number of ether oxygens (including phenoxy) is 1. The van der Waals surface area contributed by atoms with Crippen molar-refractivity contribution in [2.24, 2.45) is 0 Å². The van der Waals surface area contributed by atoms with Crippen molar-refractivity contribution in [3.8, 4) is 0 Å². The number of nitrogens with zero attached hydrogens (tertiary/aromatic N) is 1. The fourth-order valence-corrected chi connectivity index (χ4v) is 3.23. The maximum atomic E-state index is 12.7. The number of hydrogen-bond donors (Lipinski definition) is 1. The second kappa shape index (κ2) is 7.55. The Kier molecular flexibility index (Phi) is 5.22. The number of amides is 2. The van der Waals surface area contributed by atoms with E-state index in [1.165, 1.54) is 12.5 Å². The lowest BCUT2D eigenvalue weighted by atomic mass is 10.1. The van der Waals surface area contributed by atoms with Crippen molar-refractivity contribution in [3.63, 3.8) is 0 Å². The molecule has 0 bridgehead atoms. The number of carbonyl (C=O) groups excluding carboxylic acids is 2. The molecular formula is C20H24N2O3. The Balaban J connectivity index is 1.59. The Morgan fingerprint density at radius 1 is 1.28 bits per heavy atom. The number of fused-ring (bicyclic) bond motifs is 1. The SMILES string of the molecule is CC(=O)N[C@@H]1C(=O)N(CCCOC2=CC=C(C)CC2)c2ccccc21. The normalized spacial score (nSPS) is 19.2. The van der Waals surface area contributed by atoms with E-state index in [9.17, 15) is 9.59 Å². The van der Waals surface area contributed by atoms with Crippen LogP contribution in [0.1, 0.15) is 44.7 Å². The number of allylic oxidation sites excluding steroid dienone is 4. The van der Waals surface area contributed by atoms with Crippen molar-refractivity contribution < 1.29 is 14.3 Å². The van der Waals surface area contributed by atoms with Gasteiger partial charge in [-0.2, -0.15) is 0 Å². The molecule has 1 N–H and O–H groups in total. The molecule has 2 aliphatic rings. The van der Waals surface area contributed by atoms with Gasteiger partial charge in [0.1, 0.15) is 6.04 Å². The van der Waals surface area contributed by atoms with Crippen molar-refractivity contribution >= 4 is 17.5 Å². The first-order chi connectivity index (χ1) is 12.1. The molecule has 0 radical (unpaired) electrons. The quantitative estimate of drug-likeness (QED) is 0.809. The second-order valence-electron chi connectivity index (χ2n) is 6.53. The number of anilines is 1. The van der Waals surface area contributed by atoms with Gasteiger partial charge in [-0.15, -0.1) is 0 Å². The summed E-state index contributed by atoms with van der Waals surface area (Å²) in [4.78, 5) is 25.8. The van der Waals surface area contributed by atoms with Crippen LogP contribution in [0.15, 0.2) is 47.7 Å². The van der Waals surface area contributed by atoms with Crippen LogP contribution in [0.25, 0.3) is 0 Å². The molecule has 0 fully saturated rings. The third-order valence-corrected chi connectivity index (χ3v) is 4.53. The minimum atomic E-state index is -0.580. The Labute approximate surface area is 148 Å². The predicted molar refractivity (Wildman–Crippen MR) is 97.0 cm³/mol. The molecule has 0 aromatic heterocycles. The summed E-state index contributed by atoms with van der Waals surface area (Å²) in [6, 6.07) is 7.04. The van der Waals surface area contributed by atoms with Crippen molar-refractivity contribution in [1.82, 2.24) is 5.32 Å². The minimum Gasteiger partial charge on any atom is -0.498 e. The zero-order valence-electron chi connectivity index (χ0n) is 14.7. The summed E-state index contributed by atoms with van der Waals surface area (Å²) < 4.78 is 5.81. The van der Waals surface area contributed by atoms with Crippen LogP contribution < -0.4 is 10.2 Å². The molecule has 1 aromatic carbocycles. The van der Waals surface area contributed by atoms with Gasteiger partial charge < -0.3 is 15.0 Å². The number of nitrogens with one attached hydrogen (secondary N) is 1. The Bertz CT molecular complexity index is 736. The van der Waals surface area contributed by atoms with Gasteiger partial charge >= 0.3 is 0 Å². The summed E-state index contributed by atoms with van der Waals surface area (Å²) in [6.45, 7) is 4.71. The third-order valence-electron chi connectivity index (χ3n) is 4.53. The summed E-state index contributed by atoms with van der Waals surface area (Å²) in [6.07, 6.45) is 6.85. The van der Waals surface area contributed by atoms with Gasteiger partial charge in [-0.3, -0.25) is 9.59 Å². The fourth-order valence-electron chi connectivity index (χ4n) is 3.23. The molecule has 0 spiro atoms. The lowest BCUT2D eigenvalue weighted by Gasteiger charge is -2.19. The van der Waals surface area contributed by atoms with Gasteiger partial charge in [0.2, 0.25) is 5.91 Å². The number of hydrogen-bond acceptors (Lipinski definition) is 3. The highest BCUT2D eigenvalue weighted by Crippen LogP contribution is 2.35. The first kappa shape index (κ1) is 17.3. The molecule has 2 amide bonds. The summed E-state index contributed by atoms with van der Waals surface area (Å²) in [7, 11) is 0. The van der Waals surface area contributed by atoms with Crippen LogP contribution in [0.4, 0.5) is 5.69 Å². The van der Waals surface area contributed by atoms with Crippen LogP contribution in [0.3, 0.4) is 0 Å². The first-order valence-electron chi connectivity index (χ1n) is 8.73. The summed E-state index contributed by atoms with van der Waals surface area (Å²) in [5.74, 6) is 0.729. The number of benzene rings is 1. The molecule has 1 aliphatic carbocycles. The molecule has 0 unspecified atom stereocenters. The van der Waals surface area contributed by atoms with E-state index in [0.29, 0.717) is 13.2 Å². The van der Waals surface area contributed by atoms with E-state index >= 15 is 0 Å². The van der Waals surface area contributed by atoms with Gasteiger partial charge in [0.15, 0.2) is 0 Å². The molecule has 1 atom stereocenters. The lowest BCUT2D eigenvalue weighted by Crippen LogP contribution is -2.37. The Morgan fingerprint density at radius 3 is 2.80 bits per heavy atom. The van der Waals surface area contributed by atoms with Gasteiger partial charge in [-0.25, -0.2) is 0 Å². The van der Waals surface area contributed by atoms with E-state index in [-0.39, 0.29) is 11.8 Å². The zero-order valence-corrected chi connectivity index (χ0v) is 14.7. The Hall–Kier alpha value is -2.56. The predicted octanol–water partition coefficient (Wildman–Crippen LogP) is 3.24. The molecule has 132 valence electrons. The van der Waals surface area contributed by atoms with Crippen LogP contribution in [-0.2, 0) is 14.3 Å². The van der Waals surface area contributed by atoms with Crippen LogP contribution in [0.2, 0.25) is 0 Å². The van der Waals surface area contributed by atoms with E-state index in [1.807, 2.05) is 30.3 Å². The average Bonchev–Trinajstić information content (AvgIpc) is 2.85. The standard InChI is InChI=1S/C20H24N2O3/c1-14-8-10-16(11-9-14)25-13-5-12-22-18-7-4-3-6-17(18)19(20(22)24)21-15(2)23/h3-4,6-8,10,19H,5,9,11-13H2,1-2H3,(H,21,23)/t19-/m0/s1. The maximum absolute atomic E-state index is 12.7. The topological polar surface area (TPSA) is 58.6 Å². The van der Waals surface area contributed by atoms with Crippen molar-refractivity contribution in [1.29, 1.82) is 0 Å². The molecule has 1 aromatic rings. The monoisotopic (exact) mass is 340 g/mol. The highest BCUT2D eigenvalue weighted by molar-refractivity contribution is 6.06. The van der Waals surface area contributed by atoms with Crippen molar-refractivity contribution in [2.75, 3.05) is 18.1 Å². The summed E-state index contributed by atoms with van der Waals surface area (Å²) in [5, 5.41) is 2.75. The van der Waals surface area contributed by atoms with Crippen LogP contribution in [-0.4, -0.2) is 25.0 Å². The zero-order chi connectivity index (χ0) is 17.8. The number of para-hydroxylation sites is 1. The van der Waals surface area contributed by atoms with Gasteiger partial charge in [-0.1, -0.05) is 29.8 Å². The lowest BCUT2D eigenvalue weighted by molar-refractivity contribution is -0.126. The second-order valence-corrected chi connectivity index (χ2v) is 6.53. The van der Waals surface area contributed by atoms with E-state index in [4.69, 9.17) is 4.74 Å². The fraction of sp³-hybridized carbons (Fsp3) is 0.400. The molecule has 1 aliphatic heterocycles.